The SMILES string of the molecule is CC(c1ccnc(NC2CCOCC2)c1)N1C(=O)N(c2ccc(C3(C(F)(F)F)CC3)cc2)C(=O)C1(C)C. The van der Waals surface area contributed by atoms with E-state index in [0.29, 0.717) is 19.0 Å². The summed E-state index contributed by atoms with van der Waals surface area (Å²) in [4.78, 5) is 34.0. The molecule has 7 nitrogen and oxygen atoms in total. The summed E-state index contributed by atoms with van der Waals surface area (Å²) < 4.78 is 46.0. The molecule has 10 heteroatoms. The van der Waals surface area contributed by atoms with Crippen molar-refractivity contribution in [2.24, 2.45) is 0 Å². The smallest absolute Gasteiger partial charge is 0.381 e. The molecular weight excluding hydrogens is 485 g/mol. The first-order chi connectivity index (χ1) is 17.5. The molecule has 2 aromatic rings. The first-order valence-corrected chi connectivity index (χ1v) is 12.6. The van der Waals surface area contributed by atoms with E-state index in [-0.39, 0.29) is 30.1 Å². The normalized spacial score (nSPS) is 22.3. The van der Waals surface area contributed by atoms with Crippen molar-refractivity contribution in [2.45, 2.75) is 75.7 Å². The number of rotatable bonds is 6. The lowest BCUT2D eigenvalue weighted by molar-refractivity contribution is -0.160. The molecule has 2 aliphatic heterocycles. The maximum atomic E-state index is 13.6. The van der Waals surface area contributed by atoms with E-state index >= 15 is 0 Å². The Morgan fingerprint density at radius 2 is 1.73 bits per heavy atom. The number of carbonyl (C=O) groups is 2. The average molecular weight is 517 g/mol. The standard InChI is InChI=1S/C27H31F3N4O3/c1-17(18-8-13-31-22(16-18)32-20-9-14-37-15-10-20)34-24(36)33(23(35)25(34,2)3)21-6-4-19(5-7-21)26(11-12-26)27(28,29)30/h4-8,13,16-17,20H,9-12,14-15H2,1-3H3,(H,31,32). The Kier molecular flexibility index (Phi) is 6.21. The van der Waals surface area contributed by atoms with Gasteiger partial charge in [-0.05, 0) is 81.8 Å². The zero-order chi connectivity index (χ0) is 26.6. The lowest BCUT2D eigenvalue weighted by Gasteiger charge is -2.34. The number of pyridine rings is 1. The molecule has 0 radical (unpaired) electrons. The Balaban J connectivity index is 1.38. The number of aromatic nitrogens is 1. The fourth-order valence-electron chi connectivity index (χ4n) is 5.46. The molecule has 1 saturated carbocycles. The molecule has 3 heterocycles. The lowest BCUT2D eigenvalue weighted by atomic mass is 9.95. The molecule has 1 aromatic heterocycles. The molecule has 5 rings (SSSR count). The third kappa shape index (κ3) is 4.35. The van der Waals surface area contributed by atoms with Crippen molar-refractivity contribution in [3.63, 3.8) is 0 Å². The zero-order valence-electron chi connectivity index (χ0n) is 21.1. The Hall–Kier alpha value is -3.14. The first kappa shape index (κ1) is 25.5. The molecule has 1 atom stereocenters. The van der Waals surface area contributed by atoms with E-state index in [4.69, 9.17) is 4.74 Å². The highest BCUT2D eigenvalue weighted by atomic mass is 19.4. The van der Waals surface area contributed by atoms with Crippen LogP contribution in [0, 0.1) is 0 Å². The topological polar surface area (TPSA) is 74.8 Å². The summed E-state index contributed by atoms with van der Waals surface area (Å²) in [6.45, 7) is 6.61. The molecule has 3 aliphatic rings. The van der Waals surface area contributed by atoms with Gasteiger partial charge >= 0.3 is 12.2 Å². The fraction of sp³-hybridized carbons (Fsp3) is 0.519. The van der Waals surface area contributed by atoms with Gasteiger partial charge in [0.1, 0.15) is 11.4 Å². The number of carbonyl (C=O) groups excluding carboxylic acids is 2. The molecular formula is C27H31F3N4O3. The van der Waals surface area contributed by atoms with E-state index in [1.165, 1.54) is 29.2 Å². The molecule has 1 N–H and O–H groups in total. The third-order valence-corrected chi connectivity index (χ3v) is 7.92. The van der Waals surface area contributed by atoms with Crippen LogP contribution in [0.25, 0.3) is 0 Å². The third-order valence-electron chi connectivity index (χ3n) is 7.92. The number of benzene rings is 1. The van der Waals surface area contributed by atoms with E-state index in [2.05, 4.69) is 10.3 Å². The first-order valence-electron chi connectivity index (χ1n) is 12.6. The molecule has 0 bridgehead atoms. The number of hydrogen-bond donors (Lipinski definition) is 1. The minimum Gasteiger partial charge on any atom is -0.381 e. The van der Waals surface area contributed by atoms with Crippen molar-refractivity contribution in [1.29, 1.82) is 0 Å². The van der Waals surface area contributed by atoms with E-state index in [1.54, 1.807) is 20.0 Å². The van der Waals surface area contributed by atoms with Gasteiger partial charge in [0.25, 0.3) is 5.91 Å². The second-order valence-corrected chi connectivity index (χ2v) is 10.7. The summed E-state index contributed by atoms with van der Waals surface area (Å²) >= 11 is 0. The number of ether oxygens (including phenoxy) is 1. The second-order valence-electron chi connectivity index (χ2n) is 10.7. The van der Waals surface area contributed by atoms with Gasteiger partial charge in [-0.15, -0.1) is 0 Å². The Morgan fingerprint density at radius 1 is 1.08 bits per heavy atom. The van der Waals surface area contributed by atoms with Crippen LogP contribution in [0.1, 0.15) is 63.6 Å². The van der Waals surface area contributed by atoms with Gasteiger partial charge in [0.05, 0.1) is 17.1 Å². The van der Waals surface area contributed by atoms with Crippen molar-refractivity contribution in [2.75, 3.05) is 23.4 Å². The van der Waals surface area contributed by atoms with Crippen LogP contribution in [0.15, 0.2) is 42.6 Å². The van der Waals surface area contributed by atoms with E-state index in [1.807, 2.05) is 19.1 Å². The molecule has 0 spiro atoms. The largest absolute Gasteiger partial charge is 0.398 e. The van der Waals surface area contributed by atoms with E-state index in [0.717, 1.165) is 23.3 Å². The number of anilines is 2. The summed E-state index contributed by atoms with van der Waals surface area (Å²) in [5.74, 6) is 0.266. The van der Waals surface area contributed by atoms with Crippen LogP contribution in [0.3, 0.4) is 0 Å². The average Bonchev–Trinajstić information content (AvgIpc) is 3.65. The van der Waals surface area contributed by atoms with Gasteiger partial charge in [0.2, 0.25) is 0 Å². The monoisotopic (exact) mass is 516 g/mol. The maximum Gasteiger partial charge on any atom is 0.398 e. The van der Waals surface area contributed by atoms with Crippen LogP contribution in [0.5, 0.6) is 0 Å². The quantitative estimate of drug-likeness (QED) is 0.508. The number of nitrogens with one attached hydrogen (secondary N) is 1. The van der Waals surface area contributed by atoms with Crippen LogP contribution < -0.4 is 10.2 Å². The van der Waals surface area contributed by atoms with Gasteiger partial charge in [0, 0.05) is 25.5 Å². The molecule has 3 fully saturated rings. The number of hydrogen-bond acceptors (Lipinski definition) is 5. The molecule has 198 valence electrons. The lowest BCUT2D eigenvalue weighted by Crippen LogP contribution is -2.45. The highest BCUT2D eigenvalue weighted by Crippen LogP contribution is 2.59. The summed E-state index contributed by atoms with van der Waals surface area (Å²) in [6, 6.07) is 8.63. The fourth-order valence-corrected chi connectivity index (χ4v) is 5.46. The van der Waals surface area contributed by atoms with Crippen molar-refractivity contribution < 1.29 is 27.5 Å². The number of amides is 3. The number of halogens is 3. The van der Waals surface area contributed by atoms with Gasteiger partial charge in [0.15, 0.2) is 0 Å². The molecule has 3 amide bonds. The minimum atomic E-state index is -4.33. The predicted octanol–water partition coefficient (Wildman–Crippen LogP) is 5.57. The van der Waals surface area contributed by atoms with Crippen LogP contribution in [-0.2, 0) is 14.9 Å². The van der Waals surface area contributed by atoms with Gasteiger partial charge in [-0.3, -0.25) is 4.79 Å². The summed E-state index contributed by atoms with van der Waals surface area (Å²) in [7, 11) is 0. The Morgan fingerprint density at radius 3 is 2.32 bits per heavy atom. The Bertz CT molecular complexity index is 1190. The van der Waals surface area contributed by atoms with Crippen molar-refractivity contribution in [3.05, 3.63) is 53.7 Å². The zero-order valence-corrected chi connectivity index (χ0v) is 21.1. The molecule has 1 unspecified atom stereocenters. The summed E-state index contributed by atoms with van der Waals surface area (Å²) in [5, 5.41) is 3.42. The number of nitrogens with zero attached hydrogens (tertiary/aromatic N) is 3. The summed E-state index contributed by atoms with van der Waals surface area (Å²) in [5.41, 5.74) is -1.74. The van der Waals surface area contributed by atoms with Gasteiger partial charge in [-0.25, -0.2) is 14.7 Å². The van der Waals surface area contributed by atoms with Gasteiger partial charge in [-0.2, -0.15) is 13.2 Å². The predicted molar refractivity (Wildman–Crippen MR) is 132 cm³/mol. The summed E-state index contributed by atoms with van der Waals surface area (Å²) in [6.07, 6.45) is -0.796. The van der Waals surface area contributed by atoms with E-state index in [9.17, 15) is 22.8 Å². The van der Waals surface area contributed by atoms with E-state index < -0.39 is 35.1 Å². The highest BCUT2D eigenvalue weighted by molar-refractivity contribution is 6.23. The number of imide groups is 1. The number of alkyl halides is 3. The van der Waals surface area contributed by atoms with Crippen LogP contribution >= 0.6 is 0 Å². The molecule has 37 heavy (non-hydrogen) atoms. The number of urea groups is 1. The molecule has 2 saturated heterocycles. The van der Waals surface area contributed by atoms with Crippen LogP contribution in [0.4, 0.5) is 29.5 Å². The van der Waals surface area contributed by atoms with Crippen LogP contribution in [-0.4, -0.2) is 52.8 Å². The van der Waals surface area contributed by atoms with Gasteiger partial charge < -0.3 is 15.0 Å². The Labute approximate surface area is 214 Å². The molecule has 1 aromatic carbocycles. The van der Waals surface area contributed by atoms with Crippen LogP contribution in [0.2, 0.25) is 0 Å². The van der Waals surface area contributed by atoms with Crippen molar-refractivity contribution >= 4 is 23.4 Å². The van der Waals surface area contributed by atoms with Crippen molar-refractivity contribution in [3.8, 4) is 0 Å². The highest BCUT2D eigenvalue weighted by Gasteiger charge is 2.64. The van der Waals surface area contributed by atoms with Gasteiger partial charge in [-0.1, -0.05) is 12.1 Å². The van der Waals surface area contributed by atoms with Crippen molar-refractivity contribution in [1.82, 2.24) is 9.88 Å². The second kappa shape index (κ2) is 9.01. The maximum absolute atomic E-state index is 13.6. The minimum absolute atomic E-state index is 0.0487. The molecule has 1 aliphatic carbocycles.